The molecule has 1 saturated heterocycles. The van der Waals surface area contributed by atoms with Gasteiger partial charge < -0.3 is 24.2 Å². The Labute approximate surface area is 256 Å². The number of halogens is 3. The Balaban J connectivity index is 1.33. The van der Waals surface area contributed by atoms with Crippen molar-refractivity contribution in [2.75, 3.05) is 37.7 Å². The van der Waals surface area contributed by atoms with Crippen LogP contribution in [0.3, 0.4) is 0 Å². The highest BCUT2D eigenvalue weighted by Crippen LogP contribution is 2.44. The molecule has 1 amide bonds. The van der Waals surface area contributed by atoms with Crippen molar-refractivity contribution in [3.63, 3.8) is 0 Å². The maximum atomic E-state index is 14.0. The average Bonchev–Trinajstić information content (AvgIpc) is 3.59. The third kappa shape index (κ3) is 6.06. The van der Waals surface area contributed by atoms with Gasteiger partial charge in [-0.1, -0.05) is 0 Å². The molecule has 1 atom stereocenters. The molecule has 0 bridgehead atoms. The fourth-order valence-corrected chi connectivity index (χ4v) is 5.83. The van der Waals surface area contributed by atoms with E-state index in [4.69, 9.17) is 9.72 Å². The van der Waals surface area contributed by atoms with Crippen LogP contribution >= 0.6 is 0 Å². The highest BCUT2D eigenvalue weighted by atomic mass is 19.4. The lowest BCUT2D eigenvalue weighted by atomic mass is 9.87. The fourth-order valence-electron chi connectivity index (χ4n) is 5.83. The molecule has 2 aliphatic heterocycles. The summed E-state index contributed by atoms with van der Waals surface area (Å²) in [6.45, 7) is 5.39. The minimum absolute atomic E-state index is 0.0455. The lowest BCUT2D eigenvalue weighted by Crippen LogP contribution is -2.49. The first-order valence-electron chi connectivity index (χ1n) is 14.4. The van der Waals surface area contributed by atoms with E-state index in [2.05, 4.69) is 15.1 Å². The van der Waals surface area contributed by atoms with Gasteiger partial charge in [0.2, 0.25) is 5.95 Å². The van der Waals surface area contributed by atoms with Crippen molar-refractivity contribution in [1.29, 1.82) is 0 Å². The summed E-state index contributed by atoms with van der Waals surface area (Å²) >= 11 is 0. The number of hydrogen-bond acceptors (Lipinski definition) is 8. The van der Waals surface area contributed by atoms with Gasteiger partial charge in [0, 0.05) is 87.3 Å². The molecule has 3 aromatic heterocycles. The minimum Gasteiger partial charge on any atom is -0.491 e. The molecule has 0 unspecified atom stereocenters. The number of carboxylic acid groups (broad SMARTS) is 1. The molecule has 6 rings (SSSR count). The van der Waals surface area contributed by atoms with Crippen LogP contribution in [0, 0.1) is 19.8 Å². The maximum Gasteiger partial charge on any atom is 0.435 e. The lowest BCUT2D eigenvalue weighted by Gasteiger charge is -2.33. The second-order valence-electron chi connectivity index (χ2n) is 11.3. The van der Waals surface area contributed by atoms with Gasteiger partial charge >= 0.3 is 12.3 Å². The van der Waals surface area contributed by atoms with Gasteiger partial charge in [-0.25, -0.2) is 19.7 Å². The van der Waals surface area contributed by atoms with E-state index < -0.39 is 23.9 Å². The lowest BCUT2D eigenvalue weighted by molar-refractivity contribution is -0.141. The van der Waals surface area contributed by atoms with E-state index in [1.165, 1.54) is 18.1 Å². The highest BCUT2D eigenvalue weighted by molar-refractivity contribution is 6.04. The Kier molecular flexibility index (Phi) is 7.70. The topological polar surface area (TPSA) is 132 Å². The van der Waals surface area contributed by atoms with E-state index in [-0.39, 0.29) is 47.8 Å². The van der Waals surface area contributed by atoms with Crippen molar-refractivity contribution in [3.8, 4) is 16.9 Å². The van der Waals surface area contributed by atoms with E-state index in [0.29, 0.717) is 54.9 Å². The number of rotatable bonds is 6. The van der Waals surface area contributed by atoms with E-state index in [9.17, 15) is 27.9 Å². The van der Waals surface area contributed by atoms with Gasteiger partial charge in [0.25, 0.3) is 0 Å². The maximum absolute atomic E-state index is 14.0. The second kappa shape index (κ2) is 11.5. The number of imidazole rings is 1. The molecule has 1 N–H and O–H groups in total. The number of ether oxygens (including phenoxy) is 1. The minimum atomic E-state index is -4.72. The summed E-state index contributed by atoms with van der Waals surface area (Å²) in [5.74, 6) is 0.365. The Morgan fingerprint density at radius 1 is 1.07 bits per heavy atom. The van der Waals surface area contributed by atoms with Crippen molar-refractivity contribution in [3.05, 3.63) is 70.8 Å². The number of anilines is 1. The standard InChI is InChI=1S/C30H31F3N8O4/c1-17-10-21(36-28(35-17)39-6-8-40(9-7-39)29(43)44)13-20-16-45-26-22(24-15-38(3)37-27(24)30(31,32)33)11-19(12-23(26)25(20)42)14-41-5-4-34-18(41)2/h4-5,10-12,15,20H,6-9,13-14,16H2,1-3H3,(H,43,44)/t20-/m0/s1. The first-order chi connectivity index (χ1) is 21.4. The third-order valence-corrected chi connectivity index (χ3v) is 8.06. The summed E-state index contributed by atoms with van der Waals surface area (Å²) in [7, 11) is 1.41. The molecule has 1 aromatic carbocycles. The number of ketones is 1. The molecule has 0 aliphatic carbocycles. The molecular weight excluding hydrogens is 593 g/mol. The van der Waals surface area contributed by atoms with Gasteiger partial charge in [0.05, 0.1) is 18.1 Å². The Hall–Kier alpha value is -4.95. The zero-order valence-electron chi connectivity index (χ0n) is 24.9. The average molecular weight is 625 g/mol. The molecule has 45 heavy (non-hydrogen) atoms. The van der Waals surface area contributed by atoms with Gasteiger partial charge in [-0.15, -0.1) is 0 Å². The second-order valence-corrected chi connectivity index (χ2v) is 11.3. The van der Waals surface area contributed by atoms with Gasteiger partial charge in [0.1, 0.15) is 11.6 Å². The van der Waals surface area contributed by atoms with Crippen LogP contribution in [-0.4, -0.2) is 84.0 Å². The van der Waals surface area contributed by atoms with Crippen molar-refractivity contribution in [1.82, 2.24) is 34.2 Å². The van der Waals surface area contributed by atoms with Gasteiger partial charge in [-0.3, -0.25) is 9.48 Å². The van der Waals surface area contributed by atoms with Crippen LogP contribution < -0.4 is 9.64 Å². The quantitative estimate of drug-likeness (QED) is 0.338. The number of aromatic nitrogens is 6. The number of carbonyl (C=O) groups is 2. The molecule has 1 fully saturated rings. The number of fused-ring (bicyclic) bond motifs is 1. The molecule has 236 valence electrons. The largest absolute Gasteiger partial charge is 0.491 e. The molecule has 5 heterocycles. The monoisotopic (exact) mass is 624 g/mol. The summed E-state index contributed by atoms with van der Waals surface area (Å²) < 4.78 is 51.1. The highest BCUT2D eigenvalue weighted by Gasteiger charge is 2.40. The normalized spacial score (nSPS) is 16.9. The number of piperazine rings is 1. The first-order valence-corrected chi connectivity index (χ1v) is 14.4. The number of benzene rings is 1. The summed E-state index contributed by atoms with van der Waals surface area (Å²) in [4.78, 5) is 42.0. The molecule has 0 spiro atoms. The number of carbonyl (C=O) groups excluding carboxylic acids is 1. The van der Waals surface area contributed by atoms with Crippen LogP contribution in [0.5, 0.6) is 5.75 Å². The predicted molar refractivity (Wildman–Crippen MR) is 155 cm³/mol. The fraction of sp³-hybridized carbons (Fsp3) is 0.400. The molecule has 12 nitrogen and oxygen atoms in total. The molecule has 4 aromatic rings. The van der Waals surface area contributed by atoms with Crippen LogP contribution in [0.2, 0.25) is 0 Å². The van der Waals surface area contributed by atoms with Crippen LogP contribution in [0.1, 0.15) is 38.8 Å². The number of hydrogen-bond donors (Lipinski definition) is 1. The SMILES string of the molecule is Cc1cc(C[C@H]2COc3c(cc(Cn4ccnc4C)cc3-c3cn(C)nc3C(F)(F)F)C2=O)nc(N2CCN(C(=O)O)CC2)n1. The van der Waals surface area contributed by atoms with Crippen molar-refractivity contribution in [2.24, 2.45) is 13.0 Å². The molecule has 15 heteroatoms. The Morgan fingerprint density at radius 3 is 2.47 bits per heavy atom. The van der Waals surface area contributed by atoms with Crippen LogP contribution in [0.25, 0.3) is 11.1 Å². The van der Waals surface area contributed by atoms with Crippen LogP contribution in [-0.2, 0) is 26.2 Å². The Bertz CT molecular complexity index is 1780. The number of nitrogens with zero attached hydrogens (tertiary/aromatic N) is 8. The molecule has 0 saturated carbocycles. The van der Waals surface area contributed by atoms with Gasteiger partial charge in [-0.05, 0) is 37.6 Å². The zero-order valence-corrected chi connectivity index (χ0v) is 24.9. The summed E-state index contributed by atoms with van der Waals surface area (Å²) in [5.41, 5.74) is 1.03. The van der Waals surface area contributed by atoms with Gasteiger partial charge in [0.15, 0.2) is 11.5 Å². The number of amides is 1. The van der Waals surface area contributed by atoms with Crippen LogP contribution in [0.15, 0.2) is 36.8 Å². The smallest absolute Gasteiger partial charge is 0.435 e. The Morgan fingerprint density at radius 2 is 1.80 bits per heavy atom. The summed E-state index contributed by atoms with van der Waals surface area (Å²) in [5, 5.41) is 12.9. The zero-order chi connectivity index (χ0) is 32.0. The van der Waals surface area contributed by atoms with E-state index in [1.54, 1.807) is 30.6 Å². The van der Waals surface area contributed by atoms with Crippen LogP contribution in [0.4, 0.5) is 23.9 Å². The molecular formula is C30H31F3N8O4. The molecule has 2 aliphatic rings. The number of alkyl halides is 3. The van der Waals surface area contributed by atoms with E-state index in [1.807, 2.05) is 23.3 Å². The summed E-state index contributed by atoms with van der Waals surface area (Å²) in [6, 6.07) is 5.08. The van der Waals surface area contributed by atoms with E-state index >= 15 is 0 Å². The number of aryl methyl sites for hydroxylation is 3. The predicted octanol–water partition coefficient (Wildman–Crippen LogP) is 3.99. The van der Waals surface area contributed by atoms with E-state index in [0.717, 1.165) is 4.68 Å². The van der Waals surface area contributed by atoms with Crippen molar-refractivity contribution >= 4 is 17.8 Å². The number of Topliss-reactive ketones (excluding diaryl/α,β-unsaturated/α-hetero) is 1. The van der Waals surface area contributed by atoms with Crippen molar-refractivity contribution in [2.45, 2.75) is 33.0 Å². The first kappa shape index (κ1) is 30.1. The van der Waals surface area contributed by atoms with Gasteiger partial charge in [-0.2, -0.15) is 18.3 Å². The molecule has 0 radical (unpaired) electrons. The third-order valence-electron chi connectivity index (χ3n) is 8.06. The van der Waals surface area contributed by atoms with Crippen molar-refractivity contribution < 1.29 is 32.6 Å². The summed E-state index contributed by atoms with van der Waals surface area (Å²) in [6.07, 6.45) is -0.786.